The summed E-state index contributed by atoms with van der Waals surface area (Å²) in [5.41, 5.74) is 1.22. The van der Waals surface area contributed by atoms with Gasteiger partial charge < -0.3 is 14.2 Å². The highest BCUT2D eigenvalue weighted by Crippen LogP contribution is 2.25. The molecule has 0 radical (unpaired) electrons. The number of rotatable bonds is 4. The highest BCUT2D eigenvalue weighted by molar-refractivity contribution is 5.88. The van der Waals surface area contributed by atoms with Crippen molar-refractivity contribution in [2.75, 3.05) is 38.6 Å². The lowest BCUT2D eigenvalue weighted by Crippen LogP contribution is -2.50. The lowest BCUT2D eigenvalue weighted by Gasteiger charge is -2.38. The molecule has 25 heavy (non-hydrogen) atoms. The van der Waals surface area contributed by atoms with Crippen molar-refractivity contribution in [3.8, 4) is 5.75 Å². The van der Waals surface area contributed by atoms with Gasteiger partial charge in [0.15, 0.2) is 5.82 Å². The molecule has 0 bridgehead atoms. The third kappa shape index (κ3) is 4.11. The third-order valence-corrected chi connectivity index (χ3v) is 4.59. The summed E-state index contributed by atoms with van der Waals surface area (Å²) < 4.78 is 10.3. The van der Waals surface area contributed by atoms with Crippen LogP contribution in [0.4, 0.5) is 10.6 Å². The fourth-order valence-electron chi connectivity index (χ4n) is 3.04. The summed E-state index contributed by atoms with van der Waals surface area (Å²) in [6.45, 7) is 6.98. The summed E-state index contributed by atoms with van der Waals surface area (Å²) in [6, 6.07) is 9.98. The summed E-state index contributed by atoms with van der Waals surface area (Å²) in [4.78, 5) is 16.5. The molecule has 1 atom stereocenters. The van der Waals surface area contributed by atoms with Crippen LogP contribution < -0.4 is 10.1 Å². The molecule has 1 aromatic carbocycles. The van der Waals surface area contributed by atoms with Gasteiger partial charge in [0.1, 0.15) is 11.5 Å². The van der Waals surface area contributed by atoms with Gasteiger partial charge in [-0.15, -0.1) is 0 Å². The molecule has 2 aromatic rings. The summed E-state index contributed by atoms with van der Waals surface area (Å²) in [5, 5.41) is 6.56. The number of urea groups is 1. The summed E-state index contributed by atoms with van der Waals surface area (Å²) in [6.07, 6.45) is 0. The van der Waals surface area contributed by atoms with Crippen molar-refractivity contribution < 1.29 is 14.1 Å². The zero-order valence-electron chi connectivity index (χ0n) is 14.9. The van der Waals surface area contributed by atoms with Crippen LogP contribution in [0.1, 0.15) is 24.3 Å². The smallest absolute Gasteiger partial charge is 0.323 e. The molecule has 0 saturated carbocycles. The zero-order chi connectivity index (χ0) is 17.8. The molecule has 0 aliphatic carbocycles. The second-order valence-electron chi connectivity index (χ2n) is 6.23. The molecular weight excluding hydrogens is 320 g/mol. The first kappa shape index (κ1) is 17.3. The van der Waals surface area contributed by atoms with E-state index in [1.165, 1.54) is 5.56 Å². The Balaban J connectivity index is 1.54. The summed E-state index contributed by atoms with van der Waals surface area (Å²) in [5.74, 6) is 1.99. The molecule has 7 heteroatoms. The monoisotopic (exact) mass is 344 g/mol. The molecule has 1 aliphatic heterocycles. The van der Waals surface area contributed by atoms with E-state index >= 15 is 0 Å². The topological polar surface area (TPSA) is 70.8 Å². The van der Waals surface area contributed by atoms with Gasteiger partial charge in [-0.2, -0.15) is 0 Å². The maximum Gasteiger partial charge on any atom is 0.323 e. The fraction of sp³-hybridized carbons (Fsp3) is 0.444. The van der Waals surface area contributed by atoms with Gasteiger partial charge in [-0.3, -0.25) is 10.2 Å². The van der Waals surface area contributed by atoms with Gasteiger partial charge in [-0.05, 0) is 31.5 Å². The number of carbonyl (C=O) groups is 1. The fourth-order valence-corrected chi connectivity index (χ4v) is 3.04. The van der Waals surface area contributed by atoms with E-state index in [1.54, 1.807) is 25.0 Å². The molecule has 2 heterocycles. The van der Waals surface area contributed by atoms with Crippen LogP contribution in [0.5, 0.6) is 5.75 Å². The number of piperazine rings is 1. The van der Waals surface area contributed by atoms with Crippen molar-refractivity contribution in [1.29, 1.82) is 0 Å². The molecule has 1 saturated heterocycles. The molecule has 1 aliphatic rings. The predicted molar refractivity (Wildman–Crippen MR) is 94.8 cm³/mol. The third-order valence-electron chi connectivity index (χ3n) is 4.59. The molecule has 1 unspecified atom stereocenters. The number of aryl methyl sites for hydroxylation is 1. The van der Waals surface area contributed by atoms with Gasteiger partial charge in [-0.1, -0.05) is 17.3 Å². The second kappa shape index (κ2) is 7.57. The Hall–Kier alpha value is -2.54. The molecule has 7 nitrogen and oxygen atoms in total. The molecule has 2 amide bonds. The van der Waals surface area contributed by atoms with Crippen LogP contribution in [-0.4, -0.2) is 54.3 Å². The van der Waals surface area contributed by atoms with E-state index in [4.69, 9.17) is 9.26 Å². The van der Waals surface area contributed by atoms with E-state index in [0.29, 0.717) is 24.7 Å². The first-order chi connectivity index (χ1) is 12.1. The summed E-state index contributed by atoms with van der Waals surface area (Å²) >= 11 is 0. The van der Waals surface area contributed by atoms with Crippen LogP contribution in [0.3, 0.4) is 0 Å². The molecule has 1 fully saturated rings. The normalized spacial score (nSPS) is 16.5. The number of ether oxygens (including phenoxy) is 1. The van der Waals surface area contributed by atoms with Crippen LogP contribution in [0.2, 0.25) is 0 Å². The van der Waals surface area contributed by atoms with Gasteiger partial charge >= 0.3 is 6.03 Å². The number of amides is 2. The van der Waals surface area contributed by atoms with Crippen LogP contribution in [-0.2, 0) is 0 Å². The van der Waals surface area contributed by atoms with Crippen molar-refractivity contribution in [1.82, 2.24) is 15.0 Å². The van der Waals surface area contributed by atoms with Gasteiger partial charge in [0.25, 0.3) is 0 Å². The highest BCUT2D eigenvalue weighted by atomic mass is 16.5. The standard InChI is InChI=1S/C18H24N4O3/c1-13-11-17(20-25-13)19-18(23)22-9-7-21(8-10-22)14(2)15-5-4-6-16(12-15)24-3/h4-6,11-12,14H,7-10H2,1-3H3,(H,19,20,23). The molecule has 134 valence electrons. The molecule has 0 spiro atoms. The van der Waals surface area contributed by atoms with Gasteiger partial charge in [0.05, 0.1) is 7.11 Å². The number of hydrogen-bond donors (Lipinski definition) is 1. The number of nitrogens with zero attached hydrogens (tertiary/aromatic N) is 3. The van der Waals surface area contributed by atoms with E-state index in [2.05, 4.69) is 34.4 Å². The number of methoxy groups -OCH3 is 1. The highest BCUT2D eigenvalue weighted by Gasteiger charge is 2.25. The Morgan fingerprint density at radius 3 is 2.68 bits per heavy atom. The van der Waals surface area contributed by atoms with Gasteiger partial charge in [-0.25, -0.2) is 4.79 Å². The number of hydrogen-bond acceptors (Lipinski definition) is 5. The Morgan fingerprint density at radius 1 is 1.28 bits per heavy atom. The van der Waals surface area contributed by atoms with Crippen molar-refractivity contribution in [2.45, 2.75) is 19.9 Å². The quantitative estimate of drug-likeness (QED) is 0.923. The predicted octanol–water partition coefficient (Wildman–Crippen LogP) is 2.90. The largest absolute Gasteiger partial charge is 0.497 e. The van der Waals surface area contributed by atoms with Crippen molar-refractivity contribution in [2.24, 2.45) is 0 Å². The first-order valence-corrected chi connectivity index (χ1v) is 8.44. The van der Waals surface area contributed by atoms with E-state index in [9.17, 15) is 4.79 Å². The molecule has 1 N–H and O–H groups in total. The van der Waals surface area contributed by atoms with E-state index < -0.39 is 0 Å². The van der Waals surface area contributed by atoms with Crippen LogP contribution >= 0.6 is 0 Å². The van der Waals surface area contributed by atoms with Crippen molar-refractivity contribution in [3.63, 3.8) is 0 Å². The Kier molecular flexibility index (Phi) is 5.23. The minimum atomic E-state index is -0.137. The maximum atomic E-state index is 12.3. The second-order valence-corrected chi connectivity index (χ2v) is 6.23. The van der Waals surface area contributed by atoms with Crippen LogP contribution in [0, 0.1) is 6.92 Å². The minimum absolute atomic E-state index is 0.137. The summed E-state index contributed by atoms with van der Waals surface area (Å²) in [7, 11) is 1.68. The van der Waals surface area contributed by atoms with E-state index in [0.717, 1.165) is 18.8 Å². The Bertz CT molecular complexity index is 723. The number of benzene rings is 1. The number of anilines is 1. The molecular formula is C18H24N4O3. The number of nitrogens with one attached hydrogen (secondary N) is 1. The number of carbonyl (C=O) groups excluding carboxylic acids is 1. The van der Waals surface area contributed by atoms with Crippen molar-refractivity contribution >= 4 is 11.8 Å². The van der Waals surface area contributed by atoms with Crippen molar-refractivity contribution in [3.05, 3.63) is 41.7 Å². The SMILES string of the molecule is COc1cccc(C(C)N2CCN(C(=O)Nc3cc(C)on3)CC2)c1. The van der Waals surface area contributed by atoms with E-state index in [-0.39, 0.29) is 12.1 Å². The Morgan fingerprint density at radius 2 is 2.04 bits per heavy atom. The van der Waals surface area contributed by atoms with Gasteiger partial charge in [0, 0.05) is 38.3 Å². The average Bonchev–Trinajstić information content (AvgIpc) is 3.06. The Labute approximate surface area is 147 Å². The van der Waals surface area contributed by atoms with Crippen LogP contribution in [0.15, 0.2) is 34.9 Å². The maximum absolute atomic E-state index is 12.3. The van der Waals surface area contributed by atoms with Crippen LogP contribution in [0.25, 0.3) is 0 Å². The average molecular weight is 344 g/mol. The van der Waals surface area contributed by atoms with Gasteiger partial charge in [0.2, 0.25) is 0 Å². The number of aromatic nitrogens is 1. The lowest BCUT2D eigenvalue weighted by atomic mass is 10.1. The lowest BCUT2D eigenvalue weighted by molar-refractivity contribution is 0.119. The molecule has 1 aromatic heterocycles. The minimum Gasteiger partial charge on any atom is -0.497 e. The zero-order valence-corrected chi connectivity index (χ0v) is 14.9. The molecule has 3 rings (SSSR count). The van der Waals surface area contributed by atoms with E-state index in [1.807, 2.05) is 12.1 Å². The first-order valence-electron chi connectivity index (χ1n) is 8.44.